The van der Waals surface area contributed by atoms with E-state index in [1.54, 1.807) is 0 Å². The highest BCUT2D eigenvalue weighted by molar-refractivity contribution is 5.82. The zero-order valence-corrected chi connectivity index (χ0v) is 14.5. The van der Waals surface area contributed by atoms with E-state index < -0.39 is 36.2 Å². The number of nitrogens with zero attached hydrogens (tertiary/aromatic N) is 1. The lowest BCUT2D eigenvalue weighted by Gasteiger charge is -2.33. The van der Waals surface area contributed by atoms with Gasteiger partial charge >= 0.3 is 11.9 Å². The van der Waals surface area contributed by atoms with Crippen LogP contribution >= 0.6 is 0 Å². The quantitative estimate of drug-likeness (QED) is 0.276. The fourth-order valence-corrected chi connectivity index (χ4v) is 1.97. The second kappa shape index (κ2) is 14.3. The zero-order valence-electron chi connectivity index (χ0n) is 14.5. The van der Waals surface area contributed by atoms with E-state index in [1.165, 1.54) is 12.0 Å². The lowest BCUT2D eigenvalue weighted by Crippen LogP contribution is -3.12. The predicted molar refractivity (Wildman–Crippen MR) is 83.4 cm³/mol. The number of aliphatic carboxylic acids is 3. The molecule has 156 valence electrons. The summed E-state index contributed by atoms with van der Waals surface area (Å²) in [5, 5.41) is 43.1. The highest BCUT2D eigenvalue weighted by Gasteiger charge is 2.29. The number of ether oxygens (including phenoxy) is 1. The molecule has 1 rings (SSSR count). The summed E-state index contributed by atoms with van der Waals surface area (Å²) in [7, 11) is 3.67. The van der Waals surface area contributed by atoms with E-state index in [9.17, 15) is 19.5 Å². The van der Waals surface area contributed by atoms with Crippen molar-refractivity contribution in [1.29, 1.82) is 0 Å². The first-order valence-corrected chi connectivity index (χ1v) is 7.18. The van der Waals surface area contributed by atoms with Crippen LogP contribution in [-0.2, 0) is 19.1 Å². The van der Waals surface area contributed by atoms with E-state index in [-0.39, 0.29) is 17.6 Å². The maximum absolute atomic E-state index is 10.9. The molecule has 0 aromatic carbocycles. The average molecular weight is 388 g/mol. The number of hydrogen-bond acceptors (Lipinski definition) is 8. The van der Waals surface area contributed by atoms with Gasteiger partial charge < -0.3 is 50.9 Å². The minimum absolute atomic E-state index is 0. The summed E-state index contributed by atoms with van der Waals surface area (Å²) >= 11 is 0. The minimum atomic E-state index is -2.38. The summed E-state index contributed by atoms with van der Waals surface area (Å²) in [5.41, 5.74) is 0. The number of hydrogen-bond donors (Lipinski definition) is 5. The molecule has 1 fully saturated rings. The Hall–Kier alpha value is -1.87. The fraction of sp³-hybridized carbons (Fsp3) is 0.769. The van der Waals surface area contributed by atoms with E-state index >= 15 is 0 Å². The SMILES string of the molecule is COC[C@H](C(=O)O)N1CC[NH+](C)CC1.O.O.O=C([O-])[C@H](O)[C@@H](O)C(=O)O. The Morgan fingerprint density at radius 1 is 1.08 bits per heavy atom. The maximum Gasteiger partial charge on any atom is 0.335 e. The molecule has 0 aromatic heterocycles. The van der Waals surface area contributed by atoms with Crippen molar-refractivity contribution >= 4 is 17.9 Å². The van der Waals surface area contributed by atoms with Crippen LogP contribution in [0.5, 0.6) is 0 Å². The van der Waals surface area contributed by atoms with E-state index in [4.69, 9.17) is 25.2 Å². The molecule has 0 unspecified atom stereocenters. The van der Waals surface area contributed by atoms with Crippen molar-refractivity contribution < 1.29 is 60.5 Å². The van der Waals surface area contributed by atoms with Gasteiger partial charge in [-0.3, -0.25) is 9.69 Å². The van der Waals surface area contributed by atoms with Crippen LogP contribution in [0.25, 0.3) is 0 Å². The maximum atomic E-state index is 10.9. The van der Waals surface area contributed by atoms with Gasteiger partial charge in [0.15, 0.2) is 6.10 Å². The van der Waals surface area contributed by atoms with Crippen molar-refractivity contribution in [2.75, 3.05) is 46.9 Å². The highest BCUT2D eigenvalue weighted by atomic mass is 16.5. The molecule has 26 heavy (non-hydrogen) atoms. The van der Waals surface area contributed by atoms with Gasteiger partial charge in [0.25, 0.3) is 0 Å². The number of methoxy groups -OCH3 is 1. The molecule has 13 nitrogen and oxygen atoms in total. The summed E-state index contributed by atoms with van der Waals surface area (Å²) in [6.07, 6.45) is -4.71. The molecule has 1 saturated heterocycles. The number of nitrogens with one attached hydrogen (secondary N) is 1. The molecule has 0 saturated carbocycles. The van der Waals surface area contributed by atoms with Gasteiger partial charge in [0.05, 0.1) is 32.7 Å². The molecular formula is C13H28N2O11. The standard InChI is InChI=1S/C9H18N2O3.C4H6O6.2H2O/c1-10-3-5-11(6-4-10)8(7-14-2)9(12)13;5-1(3(7)8)2(6)4(9)10;;/h8H,3-7H2,1-2H3,(H,12,13);1-2,5-6H,(H,7,8)(H,9,10);2*1H2/t8-;1-,2-;;/m11../s1. The number of carbonyl (C=O) groups is 3. The molecule has 0 aromatic rings. The van der Waals surface area contributed by atoms with Crippen molar-refractivity contribution in [1.82, 2.24) is 4.90 Å². The summed E-state index contributed by atoms with van der Waals surface area (Å²) in [4.78, 5) is 33.8. The van der Waals surface area contributed by atoms with Gasteiger partial charge in [-0.15, -0.1) is 0 Å². The van der Waals surface area contributed by atoms with Gasteiger partial charge in [0, 0.05) is 20.2 Å². The van der Waals surface area contributed by atoms with Crippen LogP contribution < -0.4 is 10.0 Å². The molecule has 9 N–H and O–H groups in total. The van der Waals surface area contributed by atoms with Crippen molar-refractivity contribution in [2.24, 2.45) is 0 Å². The molecule has 1 heterocycles. The van der Waals surface area contributed by atoms with E-state index in [0.717, 1.165) is 26.2 Å². The predicted octanol–water partition coefficient (Wildman–Crippen LogP) is -7.19. The number of piperazine rings is 1. The number of carboxylic acids is 3. The molecule has 0 amide bonds. The Morgan fingerprint density at radius 2 is 1.54 bits per heavy atom. The number of carboxylic acid groups (broad SMARTS) is 3. The number of quaternary nitrogens is 1. The largest absolute Gasteiger partial charge is 0.547 e. The van der Waals surface area contributed by atoms with Crippen molar-refractivity contribution in [2.45, 2.75) is 18.2 Å². The van der Waals surface area contributed by atoms with Gasteiger partial charge in [-0.25, -0.2) is 4.79 Å². The van der Waals surface area contributed by atoms with Crippen molar-refractivity contribution in [3.63, 3.8) is 0 Å². The van der Waals surface area contributed by atoms with E-state index in [0.29, 0.717) is 0 Å². The first kappa shape index (κ1) is 28.9. The monoisotopic (exact) mass is 388 g/mol. The summed E-state index contributed by atoms with van der Waals surface area (Å²) in [6, 6.07) is -0.479. The van der Waals surface area contributed by atoms with Crippen LogP contribution in [0.15, 0.2) is 0 Å². The lowest BCUT2D eigenvalue weighted by molar-refractivity contribution is -0.884. The van der Waals surface area contributed by atoms with Crippen molar-refractivity contribution in [3.05, 3.63) is 0 Å². The molecular weight excluding hydrogens is 360 g/mol. The van der Waals surface area contributed by atoms with Crippen molar-refractivity contribution in [3.8, 4) is 0 Å². The number of carbonyl (C=O) groups excluding carboxylic acids is 1. The topological polar surface area (TPSA) is 235 Å². The molecule has 1 aliphatic rings. The number of rotatable bonds is 7. The summed E-state index contributed by atoms with van der Waals surface area (Å²) in [5.74, 6) is -4.61. The van der Waals surface area contributed by atoms with Crippen LogP contribution in [0.3, 0.4) is 0 Å². The Morgan fingerprint density at radius 3 is 1.81 bits per heavy atom. The van der Waals surface area contributed by atoms with Gasteiger partial charge in [-0.1, -0.05) is 0 Å². The Balaban J connectivity index is -0.000000398. The third-order valence-corrected chi connectivity index (χ3v) is 3.50. The Kier molecular flexibility index (Phi) is 15.9. The van der Waals surface area contributed by atoms with E-state index in [1.807, 2.05) is 4.90 Å². The molecule has 3 atom stereocenters. The second-order valence-corrected chi connectivity index (χ2v) is 5.35. The molecule has 0 bridgehead atoms. The third kappa shape index (κ3) is 10.2. The van der Waals surface area contributed by atoms with Crippen LogP contribution in [0.2, 0.25) is 0 Å². The number of aliphatic hydroxyl groups is 2. The van der Waals surface area contributed by atoms with Crippen LogP contribution in [-0.4, -0.2) is 119 Å². The zero-order chi connectivity index (χ0) is 18.9. The third-order valence-electron chi connectivity index (χ3n) is 3.50. The summed E-state index contributed by atoms with van der Waals surface area (Å²) in [6.45, 7) is 3.97. The first-order chi connectivity index (χ1) is 11.1. The first-order valence-electron chi connectivity index (χ1n) is 7.18. The van der Waals surface area contributed by atoms with Crippen LogP contribution in [0, 0.1) is 0 Å². The lowest BCUT2D eigenvalue weighted by atomic mass is 10.2. The summed E-state index contributed by atoms with van der Waals surface area (Å²) < 4.78 is 4.92. The second-order valence-electron chi connectivity index (χ2n) is 5.35. The normalized spacial score (nSPS) is 18.0. The minimum Gasteiger partial charge on any atom is -0.547 e. The van der Waals surface area contributed by atoms with Crippen LogP contribution in [0.4, 0.5) is 0 Å². The average Bonchev–Trinajstić information content (AvgIpc) is 2.52. The van der Waals surface area contributed by atoms with E-state index in [2.05, 4.69) is 7.05 Å². The van der Waals surface area contributed by atoms with Crippen LogP contribution in [0.1, 0.15) is 0 Å². The molecule has 0 spiro atoms. The van der Waals surface area contributed by atoms with Gasteiger partial charge in [0.2, 0.25) is 0 Å². The van der Waals surface area contributed by atoms with Gasteiger partial charge in [-0.05, 0) is 0 Å². The molecule has 13 heteroatoms. The number of aliphatic hydroxyl groups excluding tert-OH is 2. The Bertz CT molecular complexity index is 408. The van der Waals surface area contributed by atoms with Gasteiger partial charge in [0.1, 0.15) is 12.1 Å². The highest BCUT2D eigenvalue weighted by Crippen LogP contribution is 2.01. The number of likely N-dealkylation sites (N-methyl/N-ethyl adjacent to an activating group) is 1. The fourth-order valence-electron chi connectivity index (χ4n) is 1.97. The molecule has 0 radical (unpaired) electrons. The molecule has 1 aliphatic heterocycles. The van der Waals surface area contributed by atoms with Gasteiger partial charge in [-0.2, -0.15) is 0 Å². The smallest absolute Gasteiger partial charge is 0.335 e. The Labute approximate surface area is 149 Å². The molecule has 0 aliphatic carbocycles.